The van der Waals surface area contributed by atoms with E-state index in [4.69, 9.17) is 0 Å². The highest BCUT2D eigenvalue weighted by molar-refractivity contribution is 6.03. The maximum atomic E-state index is 2.65. The summed E-state index contributed by atoms with van der Waals surface area (Å²) >= 11 is 0. The number of rotatable bonds is 10. The number of hydrogen-bond donors (Lipinski definition) is 0. The van der Waals surface area contributed by atoms with Crippen molar-refractivity contribution >= 4 is 55.7 Å². The molecule has 0 heterocycles. The van der Waals surface area contributed by atoms with Crippen LogP contribution in [0, 0.1) is 55.4 Å². The molecule has 0 aliphatic heterocycles. The topological polar surface area (TPSA) is 6.48 Å². The Morgan fingerprint density at radius 3 is 0.733 bits per heavy atom. The Morgan fingerprint density at radius 2 is 0.453 bits per heavy atom. The first kappa shape index (κ1) is 52.8. The van der Waals surface area contributed by atoms with Crippen LogP contribution in [0.5, 0.6) is 0 Å². The number of hydrogen-bond acceptors (Lipinski definition) is 2. The molecule has 0 unspecified atom stereocenters. The fourth-order valence-electron chi connectivity index (χ4n) is 15.4. The van der Waals surface area contributed by atoms with Crippen molar-refractivity contribution < 1.29 is 0 Å². The van der Waals surface area contributed by atoms with Gasteiger partial charge >= 0.3 is 0 Å². The highest BCUT2D eigenvalue weighted by atomic mass is 15.1. The summed E-state index contributed by atoms with van der Waals surface area (Å²) in [4.78, 5) is 4.91. The Kier molecular flexibility index (Phi) is 12.5. The molecule has 0 fully saturated rings. The summed E-state index contributed by atoms with van der Waals surface area (Å²) in [6, 6.07) is 103. The monoisotopic (exact) mass is 1100 g/mol. The van der Waals surface area contributed by atoms with Crippen LogP contribution in [0.3, 0.4) is 0 Å². The maximum Gasteiger partial charge on any atom is 0.0713 e. The number of fused-ring (bicyclic) bond motifs is 8. The molecule has 0 bridgehead atoms. The minimum atomic E-state index is -0.688. The Balaban J connectivity index is 1.01. The van der Waals surface area contributed by atoms with Crippen molar-refractivity contribution in [1.82, 2.24) is 0 Å². The second-order valence-corrected chi connectivity index (χ2v) is 24.8. The molecule has 13 aromatic carbocycles. The van der Waals surface area contributed by atoms with Gasteiger partial charge in [-0.2, -0.15) is 0 Å². The second-order valence-electron chi connectivity index (χ2n) is 24.8. The molecule has 0 aromatic heterocycles. The van der Waals surface area contributed by atoms with Gasteiger partial charge in [0.25, 0.3) is 0 Å². The minimum absolute atomic E-state index is 0.688. The summed E-state index contributed by atoms with van der Waals surface area (Å²) in [6.45, 7) is 17.6. The average molecular weight is 1110 g/mol. The predicted molar refractivity (Wildman–Crippen MR) is 363 cm³/mol. The van der Waals surface area contributed by atoms with E-state index in [0.717, 1.165) is 34.1 Å². The number of benzene rings is 13. The Hall–Kier alpha value is -10.0. The first-order valence-corrected chi connectivity index (χ1v) is 30.4. The van der Waals surface area contributed by atoms with Crippen LogP contribution in [0.25, 0.3) is 43.8 Å². The molecule has 15 rings (SSSR count). The standard InChI is InChI=1S/C84H68N2/c1-53-33-54(2)38-71(37-53)85(72-39-55(3)34-56(4)40-72)69-31-29-61-47-75-77-51-78-76-48-62-30-32-70(86(73-41-57(5)35-58(6)42-73)74-43-59(7)36-60(8)44-74)46-64(62)50-80(76)84(67-25-17-11-18-26-67,68-27-19-12-20-28-68)82(78)52-81(77)83(65-21-13-9-14-22-65,66-23-15-10-16-24-66)79(75)49-63(61)45-69/h9-52H,1-8H3. The van der Waals surface area contributed by atoms with Gasteiger partial charge in [-0.3, -0.25) is 0 Å². The fourth-order valence-corrected chi connectivity index (χ4v) is 15.4. The lowest BCUT2D eigenvalue weighted by atomic mass is 9.64. The number of anilines is 6. The van der Waals surface area contributed by atoms with Gasteiger partial charge in [-0.15, -0.1) is 0 Å². The first-order chi connectivity index (χ1) is 41.8. The Morgan fingerprint density at radius 1 is 0.198 bits per heavy atom. The van der Waals surface area contributed by atoms with Crippen LogP contribution in [0.2, 0.25) is 0 Å². The van der Waals surface area contributed by atoms with Crippen LogP contribution in [-0.4, -0.2) is 0 Å². The molecular formula is C84H68N2. The lowest BCUT2D eigenvalue weighted by Gasteiger charge is -2.37. The summed E-state index contributed by atoms with van der Waals surface area (Å²) in [5.74, 6) is 0. The molecule has 2 nitrogen and oxygen atoms in total. The average Bonchev–Trinajstić information content (AvgIpc) is 1.54. The molecule has 2 aliphatic rings. The SMILES string of the molecule is Cc1cc(C)cc(N(c2cc(C)cc(C)c2)c2ccc3cc4c(cc3c2)C(c2ccccc2)(c2ccccc2)c2cc3c(cc2-4)-c2cc4ccc(N(c5cc(C)cc(C)c5)c5cc(C)cc(C)c5)cc4cc2C3(c2ccccc2)c2ccccc2)c1. The van der Waals surface area contributed by atoms with E-state index in [9.17, 15) is 0 Å². The molecule has 0 saturated heterocycles. The summed E-state index contributed by atoms with van der Waals surface area (Å²) in [6.07, 6.45) is 0. The zero-order valence-corrected chi connectivity index (χ0v) is 50.3. The highest BCUT2D eigenvalue weighted by Gasteiger charge is 2.52. The highest BCUT2D eigenvalue weighted by Crippen LogP contribution is 2.63. The molecule has 2 heteroatoms. The van der Waals surface area contributed by atoms with E-state index in [1.54, 1.807) is 0 Å². The van der Waals surface area contributed by atoms with E-state index in [1.807, 2.05) is 0 Å². The van der Waals surface area contributed by atoms with Crippen molar-refractivity contribution in [1.29, 1.82) is 0 Å². The normalized spacial score (nSPS) is 13.3. The smallest absolute Gasteiger partial charge is 0.0713 e. The second kappa shape index (κ2) is 20.4. The summed E-state index contributed by atoms with van der Waals surface area (Å²) < 4.78 is 0. The minimum Gasteiger partial charge on any atom is -0.310 e. The predicted octanol–water partition coefficient (Wildman–Crippen LogP) is 22.1. The van der Waals surface area contributed by atoms with Crippen molar-refractivity contribution in [2.45, 2.75) is 66.2 Å². The van der Waals surface area contributed by atoms with Crippen LogP contribution < -0.4 is 9.80 Å². The molecule has 0 amide bonds. The zero-order chi connectivity index (χ0) is 58.6. The molecule has 13 aromatic rings. The van der Waals surface area contributed by atoms with Gasteiger partial charge in [-0.25, -0.2) is 0 Å². The first-order valence-electron chi connectivity index (χ1n) is 30.4. The van der Waals surface area contributed by atoms with Crippen molar-refractivity contribution in [3.05, 3.63) is 356 Å². The molecule has 2 aliphatic carbocycles. The maximum absolute atomic E-state index is 2.65. The number of aryl methyl sites for hydroxylation is 8. The molecule has 0 spiro atoms. The molecular weight excluding hydrogens is 1040 g/mol. The molecule has 0 saturated carbocycles. The van der Waals surface area contributed by atoms with Crippen LogP contribution in [-0.2, 0) is 10.8 Å². The van der Waals surface area contributed by atoms with Crippen molar-refractivity contribution in [3.8, 4) is 22.3 Å². The van der Waals surface area contributed by atoms with Crippen LogP contribution >= 0.6 is 0 Å². The van der Waals surface area contributed by atoms with Gasteiger partial charge in [0.1, 0.15) is 0 Å². The van der Waals surface area contributed by atoms with Gasteiger partial charge in [0.2, 0.25) is 0 Å². The molecule has 414 valence electrons. The third-order valence-electron chi connectivity index (χ3n) is 18.5. The van der Waals surface area contributed by atoms with Crippen molar-refractivity contribution in [2.75, 3.05) is 9.80 Å². The molecule has 0 atom stereocenters. The van der Waals surface area contributed by atoms with Gasteiger partial charge < -0.3 is 9.80 Å². The van der Waals surface area contributed by atoms with Crippen LogP contribution in [0.1, 0.15) is 89.0 Å². The Labute approximate surface area is 507 Å². The van der Waals surface area contributed by atoms with Crippen LogP contribution in [0.15, 0.2) is 267 Å². The quantitative estimate of drug-likeness (QED) is 0.135. The van der Waals surface area contributed by atoms with E-state index in [2.05, 4.69) is 332 Å². The number of nitrogens with zero attached hydrogens (tertiary/aromatic N) is 2. The lowest BCUT2D eigenvalue weighted by molar-refractivity contribution is 0.745. The van der Waals surface area contributed by atoms with Gasteiger partial charge in [0, 0.05) is 34.1 Å². The van der Waals surface area contributed by atoms with E-state index in [0.29, 0.717) is 0 Å². The lowest BCUT2D eigenvalue weighted by Crippen LogP contribution is -2.31. The summed E-state index contributed by atoms with van der Waals surface area (Å²) in [7, 11) is 0. The van der Waals surface area contributed by atoms with Gasteiger partial charge in [-0.05, 0) is 291 Å². The fraction of sp³-hybridized carbons (Fsp3) is 0.119. The molecule has 0 radical (unpaired) electrons. The third-order valence-corrected chi connectivity index (χ3v) is 18.5. The Bertz CT molecular complexity index is 4280. The van der Waals surface area contributed by atoms with Crippen molar-refractivity contribution in [2.24, 2.45) is 0 Å². The summed E-state index contributed by atoms with van der Waals surface area (Å²) in [5, 5.41) is 4.81. The van der Waals surface area contributed by atoms with E-state index in [1.165, 1.54) is 133 Å². The zero-order valence-electron chi connectivity index (χ0n) is 50.3. The largest absolute Gasteiger partial charge is 0.310 e. The van der Waals surface area contributed by atoms with E-state index < -0.39 is 10.8 Å². The van der Waals surface area contributed by atoms with Crippen LogP contribution in [0.4, 0.5) is 34.1 Å². The van der Waals surface area contributed by atoms with E-state index >= 15 is 0 Å². The van der Waals surface area contributed by atoms with Gasteiger partial charge in [0.15, 0.2) is 0 Å². The molecule has 0 N–H and O–H groups in total. The van der Waals surface area contributed by atoms with Gasteiger partial charge in [0.05, 0.1) is 10.8 Å². The van der Waals surface area contributed by atoms with Gasteiger partial charge in [-0.1, -0.05) is 164 Å². The van der Waals surface area contributed by atoms with E-state index in [-0.39, 0.29) is 0 Å². The third kappa shape index (κ3) is 8.45. The molecule has 86 heavy (non-hydrogen) atoms. The summed E-state index contributed by atoms with van der Waals surface area (Å²) in [5.41, 5.74) is 30.6. The van der Waals surface area contributed by atoms with Crippen molar-refractivity contribution in [3.63, 3.8) is 0 Å².